The van der Waals surface area contributed by atoms with E-state index in [1.54, 1.807) is 18.2 Å². The molecule has 0 spiro atoms. The van der Waals surface area contributed by atoms with E-state index in [-0.39, 0.29) is 11.9 Å². The second kappa shape index (κ2) is 10.6. The first kappa shape index (κ1) is 23.0. The van der Waals surface area contributed by atoms with Crippen LogP contribution in [-0.4, -0.2) is 24.3 Å². The SMILES string of the molecule is Cc1ccc(C(CCNc2c(C)noc2C)CNC(=O)Nc2cc(Cl)cc(Cl)c2)cc1. The predicted molar refractivity (Wildman–Crippen MR) is 126 cm³/mol. The van der Waals surface area contributed by atoms with Crippen LogP contribution in [0.1, 0.15) is 34.9 Å². The number of benzene rings is 2. The standard InChI is InChI=1S/C23H26Cl2N4O2/c1-14-4-6-17(7-5-14)18(8-9-26-22-15(2)29-31-16(22)3)13-27-23(30)28-21-11-19(24)10-20(25)12-21/h4-7,10-12,18,26H,8-9,13H2,1-3H3,(H2,27,28,30). The van der Waals surface area contributed by atoms with Crippen molar-refractivity contribution in [3.63, 3.8) is 0 Å². The molecule has 31 heavy (non-hydrogen) atoms. The van der Waals surface area contributed by atoms with Gasteiger partial charge >= 0.3 is 6.03 Å². The molecular formula is C23H26Cl2N4O2. The number of anilines is 2. The van der Waals surface area contributed by atoms with E-state index in [4.69, 9.17) is 27.7 Å². The fourth-order valence-electron chi connectivity index (χ4n) is 3.35. The van der Waals surface area contributed by atoms with Crippen molar-refractivity contribution in [3.05, 3.63) is 75.1 Å². The molecule has 1 heterocycles. The largest absolute Gasteiger partial charge is 0.381 e. The van der Waals surface area contributed by atoms with Crippen LogP contribution in [0.2, 0.25) is 10.0 Å². The van der Waals surface area contributed by atoms with E-state index in [0.29, 0.717) is 28.8 Å². The minimum absolute atomic E-state index is 0.127. The van der Waals surface area contributed by atoms with Crippen LogP contribution < -0.4 is 16.0 Å². The van der Waals surface area contributed by atoms with E-state index >= 15 is 0 Å². The van der Waals surface area contributed by atoms with E-state index in [1.807, 2.05) is 13.8 Å². The zero-order chi connectivity index (χ0) is 22.4. The Morgan fingerprint density at radius 3 is 2.35 bits per heavy atom. The summed E-state index contributed by atoms with van der Waals surface area (Å²) in [7, 11) is 0. The third-order valence-corrected chi connectivity index (χ3v) is 5.44. The summed E-state index contributed by atoms with van der Waals surface area (Å²) in [4.78, 5) is 12.4. The van der Waals surface area contributed by atoms with Crippen LogP contribution in [-0.2, 0) is 0 Å². The van der Waals surface area contributed by atoms with Crippen LogP contribution in [0.25, 0.3) is 0 Å². The fraction of sp³-hybridized carbons (Fsp3) is 0.304. The molecule has 0 aliphatic rings. The minimum Gasteiger partial charge on any atom is -0.381 e. The first-order chi connectivity index (χ1) is 14.8. The van der Waals surface area contributed by atoms with Gasteiger partial charge in [0, 0.05) is 34.7 Å². The minimum atomic E-state index is -0.311. The Balaban J connectivity index is 1.62. The topological polar surface area (TPSA) is 79.2 Å². The van der Waals surface area contributed by atoms with Crippen molar-refractivity contribution in [1.29, 1.82) is 0 Å². The molecule has 1 atom stereocenters. The molecule has 3 aromatic rings. The third kappa shape index (κ3) is 6.64. The Kier molecular flexibility index (Phi) is 7.82. The van der Waals surface area contributed by atoms with Gasteiger partial charge in [-0.1, -0.05) is 58.2 Å². The molecule has 2 aromatic carbocycles. The average Bonchev–Trinajstić information content (AvgIpc) is 3.02. The molecule has 6 nitrogen and oxygen atoms in total. The van der Waals surface area contributed by atoms with Crippen LogP contribution in [0.4, 0.5) is 16.2 Å². The summed E-state index contributed by atoms with van der Waals surface area (Å²) in [6, 6.07) is 13.0. The molecule has 3 rings (SSSR count). The predicted octanol–water partition coefficient (Wildman–Crippen LogP) is 6.31. The maximum absolute atomic E-state index is 12.4. The van der Waals surface area contributed by atoms with Gasteiger partial charge < -0.3 is 20.5 Å². The summed E-state index contributed by atoms with van der Waals surface area (Å²) < 4.78 is 5.21. The van der Waals surface area contributed by atoms with Crippen molar-refractivity contribution < 1.29 is 9.32 Å². The van der Waals surface area contributed by atoms with Gasteiger partial charge in [0.05, 0.1) is 0 Å². The van der Waals surface area contributed by atoms with Gasteiger partial charge in [-0.3, -0.25) is 0 Å². The number of hydrogen-bond donors (Lipinski definition) is 3. The summed E-state index contributed by atoms with van der Waals surface area (Å²) in [5.74, 6) is 0.893. The molecule has 1 unspecified atom stereocenters. The van der Waals surface area contributed by atoms with Gasteiger partial charge in [-0.15, -0.1) is 0 Å². The lowest BCUT2D eigenvalue weighted by Gasteiger charge is -2.19. The highest BCUT2D eigenvalue weighted by molar-refractivity contribution is 6.35. The number of nitrogens with one attached hydrogen (secondary N) is 3. The molecule has 8 heteroatoms. The zero-order valence-corrected chi connectivity index (χ0v) is 19.3. The Morgan fingerprint density at radius 1 is 1.06 bits per heavy atom. The maximum atomic E-state index is 12.4. The van der Waals surface area contributed by atoms with Crippen LogP contribution in [0.15, 0.2) is 47.0 Å². The molecule has 0 radical (unpaired) electrons. The van der Waals surface area contributed by atoms with E-state index in [2.05, 4.69) is 52.3 Å². The molecule has 0 saturated carbocycles. The van der Waals surface area contributed by atoms with Crippen LogP contribution in [0.3, 0.4) is 0 Å². The molecule has 2 amide bonds. The second-order valence-corrected chi connectivity index (χ2v) is 8.39. The van der Waals surface area contributed by atoms with Crippen LogP contribution >= 0.6 is 23.2 Å². The highest BCUT2D eigenvalue weighted by Crippen LogP contribution is 2.24. The third-order valence-electron chi connectivity index (χ3n) is 5.01. The lowest BCUT2D eigenvalue weighted by atomic mass is 9.94. The smallest absolute Gasteiger partial charge is 0.319 e. The molecule has 3 N–H and O–H groups in total. The number of carbonyl (C=O) groups is 1. The number of aromatic nitrogens is 1. The molecule has 164 valence electrons. The van der Waals surface area contributed by atoms with Gasteiger partial charge in [0.25, 0.3) is 0 Å². The number of urea groups is 1. The van der Waals surface area contributed by atoms with E-state index in [9.17, 15) is 4.79 Å². The van der Waals surface area contributed by atoms with Crippen molar-refractivity contribution in [2.24, 2.45) is 0 Å². The van der Waals surface area contributed by atoms with E-state index in [0.717, 1.165) is 29.1 Å². The second-order valence-electron chi connectivity index (χ2n) is 7.52. The molecule has 0 saturated heterocycles. The first-order valence-electron chi connectivity index (χ1n) is 10.1. The summed E-state index contributed by atoms with van der Waals surface area (Å²) in [6.45, 7) is 7.04. The molecule has 0 aliphatic carbocycles. The highest BCUT2D eigenvalue weighted by Gasteiger charge is 2.15. The molecule has 1 aromatic heterocycles. The quantitative estimate of drug-likeness (QED) is 0.367. The van der Waals surface area contributed by atoms with Gasteiger partial charge in [-0.2, -0.15) is 0 Å². The monoisotopic (exact) mass is 460 g/mol. The van der Waals surface area contributed by atoms with Crippen LogP contribution in [0.5, 0.6) is 0 Å². The fourth-order valence-corrected chi connectivity index (χ4v) is 3.88. The van der Waals surface area contributed by atoms with Gasteiger partial charge in [-0.05, 0) is 51.0 Å². The van der Waals surface area contributed by atoms with Crippen LogP contribution in [0, 0.1) is 20.8 Å². The van der Waals surface area contributed by atoms with Crippen molar-refractivity contribution in [2.75, 3.05) is 23.7 Å². The Bertz CT molecular complexity index is 995. The van der Waals surface area contributed by atoms with E-state index in [1.165, 1.54) is 5.56 Å². The van der Waals surface area contributed by atoms with Crippen molar-refractivity contribution in [1.82, 2.24) is 10.5 Å². The Labute approximate surface area is 192 Å². The number of rotatable bonds is 8. The summed E-state index contributed by atoms with van der Waals surface area (Å²) in [6.07, 6.45) is 0.816. The Hall–Kier alpha value is -2.70. The normalized spacial score (nSPS) is 11.8. The maximum Gasteiger partial charge on any atom is 0.319 e. The lowest BCUT2D eigenvalue weighted by molar-refractivity contribution is 0.251. The average molecular weight is 461 g/mol. The first-order valence-corrected chi connectivity index (χ1v) is 10.8. The zero-order valence-electron chi connectivity index (χ0n) is 17.8. The molecule has 0 aliphatic heterocycles. The van der Waals surface area contributed by atoms with Gasteiger partial charge in [0.15, 0.2) is 5.76 Å². The molecule has 0 bridgehead atoms. The number of aryl methyl sites for hydroxylation is 3. The van der Waals surface area contributed by atoms with Crippen molar-refractivity contribution in [3.8, 4) is 0 Å². The van der Waals surface area contributed by atoms with E-state index < -0.39 is 0 Å². The summed E-state index contributed by atoms with van der Waals surface area (Å²) in [5.41, 5.74) is 4.66. The number of carbonyl (C=O) groups excluding carboxylic acids is 1. The summed E-state index contributed by atoms with van der Waals surface area (Å²) >= 11 is 12.0. The van der Waals surface area contributed by atoms with Gasteiger partial charge in [0.2, 0.25) is 0 Å². The van der Waals surface area contributed by atoms with Gasteiger partial charge in [0.1, 0.15) is 11.4 Å². The number of halogens is 2. The Morgan fingerprint density at radius 2 is 1.74 bits per heavy atom. The molecule has 0 fully saturated rings. The number of hydrogen-bond acceptors (Lipinski definition) is 4. The van der Waals surface area contributed by atoms with Crippen molar-refractivity contribution >= 4 is 40.6 Å². The summed E-state index contributed by atoms with van der Waals surface area (Å²) in [5, 5.41) is 14.0. The number of amides is 2. The molecular weight excluding hydrogens is 435 g/mol. The highest BCUT2D eigenvalue weighted by atomic mass is 35.5. The van der Waals surface area contributed by atoms with Gasteiger partial charge in [-0.25, -0.2) is 4.79 Å². The lowest BCUT2D eigenvalue weighted by Crippen LogP contribution is -2.33. The van der Waals surface area contributed by atoms with Crippen molar-refractivity contribution in [2.45, 2.75) is 33.1 Å². The number of nitrogens with zero attached hydrogens (tertiary/aromatic N) is 1.